The number of hydrogen-bond donors (Lipinski definition) is 1. The summed E-state index contributed by atoms with van der Waals surface area (Å²) in [5, 5.41) is 0. The van der Waals surface area contributed by atoms with Crippen molar-refractivity contribution in [3.63, 3.8) is 0 Å². The van der Waals surface area contributed by atoms with Crippen LogP contribution in [-0.4, -0.2) is 11.5 Å². The van der Waals surface area contributed by atoms with Crippen LogP contribution in [0.5, 0.6) is 0 Å². The van der Waals surface area contributed by atoms with Gasteiger partial charge in [-0.1, -0.05) is 103 Å². The van der Waals surface area contributed by atoms with Crippen molar-refractivity contribution in [2.45, 2.75) is 110 Å². The molecule has 23 heavy (non-hydrogen) atoms. The van der Waals surface area contributed by atoms with Crippen LogP contribution >= 0.6 is 8.25 Å². The molecule has 0 heterocycles. The molecule has 0 saturated carbocycles. The van der Waals surface area contributed by atoms with Crippen LogP contribution < -0.4 is 0 Å². The molecule has 138 valence electrons. The van der Waals surface area contributed by atoms with E-state index in [1.165, 1.54) is 89.9 Å². The molecule has 1 N–H and O–H groups in total. The van der Waals surface area contributed by atoms with Crippen LogP contribution in [0.3, 0.4) is 0 Å². The fourth-order valence-corrected chi connectivity index (χ4v) is 3.08. The Morgan fingerprint density at radius 1 is 0.652 bits per heavy atom. The van der Waals surface area contributed by atoms with Crippen LogP contribution in [0.1, 0.15) is 110 Å². The van der Waals surface area contributed by atoms with E-state index in [4.69, 9.17) is 4.89 Å². The van der Waals surface area contributed by atoms with Crippen molar-refractivity contribution < 1.29 is 31.3 Å². The molecule has 1 atom stereocenters. The van der Waals surface area contributed by atoms with Gasteiger partial charge < -0.3 is 0 Å². The van der Waals surface area contributed by atoms with Gasteiger partial charge in [0.1, 0.15) is 6.61 Å². The van der Waals surface area contributed by atoms with Gasteiger partial charge in [0.15, 0.2) is 0 Å². The van der Waals surface area contributed by atoms with Crippen LogP contribution in [0.25, 0.3) is 0 Å². The number of hydrogen-bond acceptors (Lipinski definition) is 2. The summed E-state index contributed by atoms with van der Waals surface area (Å²) in [5.41, 5.74) is 0. The molecule has 0 aliphatic rings. The SMILES string of the molecule is CCCCCCCCCCCCCCCCCCO[P+](=O)O.[Cr]. The normalized spacial score (nSPS) is 11.3. The van der Waals surface area contributed by atoms with Gasteiger partial charge in [-0.2, -0.15) is 0 Å². The molecule has 0 bridgehead atoms. The van der Waals surface area contributed by atoms with Crippen molar-refractivity contribution >= 4 is 8.25 Å². The minimum atomic E-state index is -2.39. The second kappa shape index (κ2) is 22.6. The molecule has 0 amide bonds. The minimum Gasteiger partial charge on any atom is -0.133 e. The Hall–Kier alpha value is 0.552. The Morgan fingerprint density at radius 2 is 0.957 bits per heavy atom. The number of unbranched alkanes of at least 4 members (excludes halogenated alkanes) is 15. The van der Waals surface area contributed by atoms with E-state index in [2.05, 4.69) is 11.4 Å². The molecule has 0 aliphatic heterocycles. The minimum absolute atomic E-state index is 0. The van der Waals surface area contributed by atoms with Crippen molar-refractivity contribution in [2.75, 3.05) is 6.61 Å². The molecule has 0 rings (SSSR count). The Labute approximate surface area is 156 Å². The standard InChI is InChI=1S/C18H37O3P.Cr/c1-2-3-4-5-6-7-8-9-10-11-12-13-14-15-16-17-18-21-22(19)20;/h2-18H2,1H3;/p+1. The van der Waals surface area contributed by atoms with Gasteiger partial charge in [-0.05, 0) is 6.42 Å². The average Bonchev–Trinajstić information content (AvgIpc) is 2.50. The maximum atomic E-state index is 10.3. The maximum absolute atomic E-state index is 10.3. The summed E-state index contributed by atoms with van der Waals surface area (Å²) < 4.78 is 14.9. The molecule has 3 nitrogen and oxygen atoms in total. The summed E-state index contributed by atoms with van der Waals surface area (Å²) in [6, 6.07) is 0. The summed E-state index contributed by atoms with van der Waals surface area (Å²) in [5.74, 6) is 0. The van der Waals surface area contributed by atoms with E-state index < -0.39 is 8.25 Å². The van der Waals surface area contributed by atoms with E-state index in [0.29, 0.717) is 6.61 Å². The van der Waals surface area contributed by atoms with E-state index >= 15 is 0 Å². The first-order valence-electron chi connectivity index (χ1n) is 9.56. The van der Waals surface area contributed by atoms with Crippen LogP contribution in [0.4, 0.5) is 0 Å². The topological polar surface area (TPSA) is 46.5 Å². The molecule has 0 aromatic heterocycles. The van der Waals surface area contributed by atoms with E-state index in [-0.39, 0.29) is 17.4 Å². The van der Waals surface area contributed by atoms with E-state index in [9.17, 15) is 4.57 Å². The number of rotatable bonds is 18. The van der Waals surface area contributed by atoms with Gasteiger partial charge in [-0.3, -0.25) is 0 Å². The van der Waals surface area contributed by atoms with Gasteiger partial charge in [0.2, 0.25) is 0 Å². The fourth-order valence-electron chi connectivity index (χ4n) is 2.79. The zero-order valence-electron chi connectivity index (χ0n) is 15.1. The molecule has 0 spiro atoms. The molecular weight excluding hydrogens is 347 g/mol. The third-order valence-electron chi connectivity index (χ3n) is 4.20. The Kier molecular flexibility index (Phi) is 25.3. The summed E-state index contributed by atoms with van der Waals surface area (Å²) in [7, 11) is -2.39. The third kappa shape index (κ3) is 24.9. The van der Waals surface area contributed by atoms with Crippen LogP contribution in [0, 0.1) is 0 Å². The molecule has 0 saturated heterocycles. The van der Waals surface area contributed by atoms with Crippen molar-refractivity contribution in [3.8, 4) is 0 Å². The smallest absolute Gasteiger partial charge is 0.133 e. The molecule has 0 aromatic rings. The van der Waals surface area contributed by atoms with Gasteiger partial charge in [0.05, 0.1) is 0 Å². The van der Waals surface area contributed by atoms with Gasteiger partial charge >= 0.3 is 8.25 Å². The maximum Gasteiger partial charge on any atom is 0.694 e. The van der Waals surface area contributed by atoms with Gasteiger partial charge in [0.25, 0.3) is 0 Å². The van der Waals surface area contributed by atoms with Crippen LogP contribution in [-0.2, 0) is 26.4 Å². The molecule has 0 aliphatic carbocycles. The average molecular weight is 385 g/mol. The summed E-state index contributed by atoms with van der Waals surface area (Å²) in [6.45, 7) is 2.69. The van der Waals surface area contributed by atoms with Crippen LogP contribution in [0.2, 0.25) is 0 Å². The second-order valence-electron chi connectivity index (χ2n) is 6.37. The third-order valence-corrected chi connectivity index (χ3v) is 4.60. The van der Waals surface area contributed by atoms with Crippen molar-refractivity contribution in [2.24, 2.45) is 0 Å². The fraction of sp³-hybridized carbons (Fsp3) is 1.00. The van der Waals surface area contributed by atoms with Crippen molar-refractivity contribution in [1.82, 2.24) is 0 Å². The first-order chi connectivity index (χ1) is 10.8. The van der Waals surface area contributed by atoms with Crippen molar-refractivity contribution in [3.05, 3.63) is 0 Å². The van der Waals surface area contributed by atoms with E-state index in [0.717, 1.165) is 12.8 Å². The van der Waals surface area contributed by atoms with Gasteiger partial charge in [0, 0.05) is 21.9 Å². The predicted molar refractivity (Wildman–Crippen MR) is 95.3 cm³/mol. The van der Waals surface area contributed by atoms with Crippen LogP contribution in [0.15, 0.2) is 0 Å². The van der Waals surface area contributed by atoms with Gasteiger partial charge in [-0.15, -0.1) is 9.42 Å². The molecule has 0 radical (unpaired) electrons. The Morgan fingerprint density at radius 3 is 1.26 bits per heavy atom. The quantitative estimate of drug-likeness (QED) is 0.206. The summed E-state index contributed by atoms with van der Waals surface area (Å²) in [6.07, 6.45) is 21.4. The van der Waals surface area contributed by atoms with Gasteiger partial charge in [-0.25, -0.2) is 0 Å². The summed E-state index contributed by atoms with van der Waals surface area (Å²) >= 11 is 0. The zero-order chi connectivity index (χ0) is 16.3. The monoisotopic (exact) mass is 385 g/mol. The predicted octanol–water partition coefficient (Wildman–Crippen LogP) is 6.91. The largest absolute Gasteiger partial charge is 0.694 e. The van der Waals surface area contributed by atoms with E-state index in [1.807, 2.05) is 0 Å². The zero-order valence-corrected chi connectivity index (χ0v) is 17.3. The molecule has 0 fully saturated rings. The van der Waals surface area contributed by atoms with Crippen molar-refractivity contribution in [1.29, 1.82) is 0 Å². The first kappa shape index (κ1) is 25.8. The summed E-state index contributed by atoms with van der Waals surface area (Å²) in [4.78, 5) is 8.46. The molecular formula is C18H38CrO3P+. The molecule has 0 aromatic carbocycles. The Balaban J connectivity index is 0. The second-order valence-corrected chi connectivity index (χ2v) is 7.11. The Bertz CT molecular complexity index is 240. The first-order valence-corrected chi connectivity index (χ1v) is 10.7. The molecule has 5 heteroatoms. The molecule has 1 unspecified atom stereocenters. The van der Waals surface area contributed by atoms with E-state index in [1.54, 1.807) is 0 Å².